The number of hydrogen-bond donors (Lipinski definition) is 2. The second-order valence-electron chi connectivity index (χ2n) is 3.47. The summed E-state index contributed by atoms with van der Waals surface area (Å²) >= 11 is 0. The van der Waals surface area contributed by atoms with Gasteiger partial charge in [-0.1, -0.05) is 6.07 Å². The van der Waals surface area contributed by atoms with E-state index >= 15 is 0 Å². The Kier molecular flexibility index (Phi) is 2.87. The zero-order valence-corrected chi connectivity index (χ0v) is 8.83. The second-order valence-corrected chi connectivity index (χ2v) is 3.47. The highest BCUT2D eigenvalue weighted by Gasteiger charge is 2.04. The molecule has 2 N–H and O–H groups in total. The molecule has 4 nitrogen and oxygen atoms in total. The van der Waals surface area contributed by atoms with Crippen LogP contribution in [0.5, 0.6) is 0 Å². The van der Waals surface area contributed by atoms with Gasteiger partial charge in [0.2, 0.25) is 0 Å². The fourth-order valence-corrected chi connectivity index (χ4v) is 1.53. The van der Waals surface area contributed by atoms with Crippen LogP contribution in [0.25, 0.3) is 5.69 Å². The summed E-state index contributed by atoms with van der Waals surface area (Å²) in [5.74, 6) is -0.367. The molecule has 0 amide bonds. The van der Waals surface area contributed by atoms with Crippen molar-refractivity contribution in [3.05, 3.63) is 52.2 Å². The largest absolute Gasteiger partial charge is 0.314 e. The Bertz CT molecular complexity index is 544. The van der Waals surface area contributed by atoms with Crippen LogP contribution in [-0.2, 0) is 6.54 Å². The van der Waals surface area contributed by atoms with Crippen molar-refractivity contribution in [1.82, 2.24) is 15.1 Å². The minimum absolute atomic E-state index is 0.198. The molecule has 0 aliphatic heterocycles. The van der Waals surface area contributed by atoms with Crippen LogP contribution in [0, 0.1) is 5.82 Å². The lowest BCUT2D eigenvalue weighted by molar-refractivity contribution is 0.624. The van der Waals surface area contributed by atoms with E-state index in [2.05, 4.69) is 10.4 Å². The van der Waals surface area contributed by atoms with Crippen molar-refractivity contribution in [2.45, 2.75) is 6.54 Å². The maximum Gasteiger partial charge on any atom is 0.271 e. The summed E-state index contributed by atoms with van der Waals surface area (Å²) in [5, 5.41) is 5.83. The third kappa shape index (κ3) is 2.04. The second kappa shape index (κ2) is 4.32. The third-order valence-electron chi connectivity index (χ3n) is 2.21. The summed E-state index contributed by atoms with van der Waals surface area (Å²) in [6, 6.07) is 7.37. The fraction of sp³-hybridized carbons (Fsp3) is 0.182. The predicted octanol–water partition coefficient (Wildman–Crippen LogP) is 1.02. The summed E-state index contributed by atoms with van der Waals surface area (Å²) < 4.78 is 14.3. The molecule has 0 saturated carbocycles. The van der Waals surface area contributed by atoms with Crippen LogP contribution in [0.1, 0.15) is 5.69 Å². The Balaban J connectivity index is 2.44. The average molecular weight is 221 g/mol. The van der Waals surface area contributed by atoms with Crippen molar-refractivity contribution in [2.24, 2.45) is 0 Å². The average Bonchev–Trinajstić information content (AvgIpc) is 2.60. The van der Waals surface area contributed by atoms with E-state index in [1.54, 1.807) is 19.2 Å². The summed E-state index contributed by atoms with van der Waals surface area (Å²) in [4.78, 5) is 11.6. The molecule has 5 heteroatoms. The zero-order valence-electron chi connectivity index (χ0n) is 8.83. The number of hydrogen-bond acceptors (Lipinski definition) is 2. The topological polar surface area (TPSA) is 49.8 Å². The van der Waals surface area contributed by atoms with Gasteiger partial charge in [-0.15, -0.1) is 0 Å². The molecule has 84 valence electrons. The molecule has 1 aromatic heterocycles. The minimum atomic E-state index is -0.367. The summed E-state index contributed by atoms with van der Waals surface area (Å²) in [5.41, 5.74) is 1.06. The molecule has 0 fully saturated rings. The number of benzene rings is 1. The Labute approximate surface area is 91.7 Å². The maximum absolute atomic E-state index is 13.0. The highest BCUT2D eigenvalue weighted by Crippen LogP contribution is 2.06. The van der Waals surface area contributed by atoms with Gasteiger partial charge in [0, 0.05) is 12.6 Å². The Hall–Kier alpha value is -1.88. The van der Waals surface area contributed by atoms with Crippen molar-refractivity contribution in [3.63, 3.8) is 0 Å². The van der Waals surface area contributed by atoms with E-state index in [1.807, 2.05) is 0 Å². The molecule has 0 radical (unpaired) electrons. The monoisotopic (exact) mass is 221 g/mol. The smallest absolute Gasteiger partial charge is 0.271 e. The van der Waals surface area contributed by atoms with Crippen LogP contribution in [0.15, 0.2) is 35.1 Å². The van der Waals surface area contributed by atoms with Crippen molar-refractivity contribution in [1.29, 1.82) is 0 Å². The number of aromatic nitrogens is 2. The normalized spacial score (nSPS) is 10.6. The predicted molar refractivity (Wildman–Crippen MR) is 59.1 cm³/mol. The number of rotatable bonds is 3. The van der Waals surface area contributed by atoms with Crippen molar-refractivity contribution in [2.75, 3.05) is 7.05 Å². The number of H-pyrrole nitrogens is 1. The molecule has 0 bridgehead atoms. The Morgan fingerprint density at radius 3 is 2.94 bits per heavy atom. The summed E-state index contributed by atoms with van der Waals surface area (Å²) in [6.45, 7) is 0.567. The van der Waals surface area contributed by atoms with Crippen molar-refractivity contribution < 1.29 is 4.39 Å². The van der Waals surface area contributed by atoms with Gasteiger partial charge in [0.25, 0.3) is 5.56 Å². The fourth-order valence-electron chi connectivity index (χ4n) is 1.53. The van der Waals surface area contributed by atoms with Crippen LogP contribution in [0.3, 0.4) is 0 Å². The first kappa shape index (κ1) is 10.6. The SMILES string of the molecule is CNCc1cc(=O)n(-c2cccc(F)c2)[nH]1. The Morgan fingerprint density at radius 2 is 2.25 bits per heavy atom. The molecular formula is C11H12FN3O. The van der Waals surface area contributed by atoms with Gasteiger partial charge < -0.3 is 5.32 Å². The molecule has 0 unspecified atom stereocenters. The highest BCUT2D eigenvalue weighted by molar-refractivity contribution is 5.31. The molecule has 16 heavy (non-hydrogen) atoms. The van der Waals surface area contributed by atoms with Gasteiger partial charge in [0.1, 0.15) is 5.82 Å². The van der Waals surface area contributed by atoms with Crippen LogP contribution >= 0.6 is 0 Å². The van der Waals surface area contributed by atoms with Gasteiger partial charge in [-0.3, -0.25) is 9.89 Å². The number of nitrogens with zero attached hydrogens (tertiary/aromatic N) is 1. The quantitative estimate of drug-likeness (QED) is 0.813. The van der Waals surface area contributed by atoms with E-state index in [4.69, 9.17) is 0 Å². The van der Waals surface area contributed by atoms with Crippen LogP contribution in [0.2, 0.25) is 0 Å². The van der Waals surface area contributed by atoms with Crippen molar-refractivity contribution >= 4 is 0 Å². The van der Waals surface area contributed by atoms with Gasteiger partial charge in [0.05, 0.1) is 11.4 Å². The molecule has 0 aliphatic carbocycles. The maximum atomic E-state index is 13.0. The van der Waals surface area contributed by atoms with E-state index in [-0.39, 0.29) is 11.4 Å². The molecule has 2 rings (SSSR count). The van der Waals surface area contributed by atoms with Crippen LogP contribution < -0.4 is 10.9 Å². The lowest BCUT2D eigenvalue weighted by atomic mass is 10.3. The van der Waals surface area contributed by atoms with Gasteiger partial charge in [-0.2, -0.15) is 0 Å². The van der Waals surface area contributed by atoms with E-state index in [0.717, 1.165) is 5.69 Å². The number of halogens is 1. The van der Waals surface area contributed by atoms with Gasteiger partial charge in [-0.05, 0) is 25.2 Å². The minimum Gasteiger partial charge on any atom is -0.314 e. The molecule has 0 spiro atoms. The van der Waals surface area contributed by atoms with Crippen LogP contribution in [0.4, 0.5) is 4.39 Å². The first-order valence-electron chi connectivity index (χ1n) is 4.92. The van der Waals surface area contributed by atoms with Gasteiger partial charge >= 0.3 is 0 Å². The molecule has 1 heterocycles. The zero-order chi connectivity index (χ0) is 11.5. The first-order valence-corrected chi connectivity index (χ1v) is 4.92. The van der Waals surface area contributed by atoms with E-state index in [0.29, 0.717) is 12.2 Å². The molecule has 2 aromatic rings. The molecule has 0 atom stereocenters. The van der Waals surface area contributed by atoms with Gasteiger partial charge in [-0.25, -0.2) is 9.07 Å². The molecular weight excluding hydrogens is 209 g/mol. The van der Waals surface area contributed by atoms with E-state index < -0.39 is 0 Å². The number of aromatic amines is 1. The number of nitrogens with one attached hydrogen (secondary N) is 2. The molecule has 0 aliphatic rings. The Morgan fingerprint density at radius 1 is 1.44 bits per heavy atom. The lowest BCUT2D eigenvalue weighted by Gasteiger charge is -2.01. The lowest BCUT2D eigenvalue weighted by Crippen LogP contribution is -2.13. The highest BCUT2D eigenvalue weighted by atomic mass is 19.1. The van der Waals surface area contributed by atoms with Crippen LogP contribution in [-0.4, -0.2) is 16.8 Å². The van der Waals surface area contributed by atoms with Crippen molar-refractivity contribution in [3.8, 4) is 5.69 Å². The summed E-state index contributed by atoms with van der Waals surface area (Å²) in [7, 11) is 1.79. The van der Waals surface area contributed by atoms with E-state index in [9.17, 15) is 9.18 Å². The summed E-state index contributed by atoms with van der Waals surface area (Å²) in [6.07, 6.45) is 0. The third-order valence-corrected chi connectivity index (χ3v) is 2.21. The molecule has 1 aromatic carbocycles. The van der Waals surface area contributed by atoms with E-state index in [1.165, 1.54) is 22.9 Å². The first-order chi connectivity index (χ1) is 7.70. The van der Waals surface area contributed by atoms with Gasteiger partial charge in [0.15, 0.2) is 0 Å². The molecule has 0 saturated heterocycles. The standard InChI is InChI=1S/C11H12FN3O/c1-13-7-9-6-11(16)15(14-9)10-4-2-3-8(12)5-10/h2-6,13-14H,7H2,1H3.